The highest BCUT2D eigenvalue weighted by atomic mass is 32.1. The maximum absolute atomic E-state index is 12.7. The summed E-state index contributed by atoms with van der Waals surface area (Å²) in [7, 11) is 0. The zero-order chi connectivity index (χ0) is 19.9. The molecule has 0 radical (unpaired) electrons. The van der Waals surface area contributed by atoms with E-state index in [0.717, 1.165) is 37.3 Å². The summed E-state index contributed by atoms with van der Waals surface area (Å²) in [6, 6.07) is 6.02. The molecule has 3 fully saturated rings. The molecule has 1 amide bonds. The molecule has 3 aliphatic heterocycles. The first-order chi connectivity index (χ1) is 13.3. The summed E-state index contributed by atoms with van der Waals surface area (Å²) in [5, 5.41) is 3.61. The third-order valence-corrected chi connectivity index (χ3v) is 6.56. The van der Waals surface area contributed by atoms with Crippen molar-refractivity contribution in [2.24, 2.45) is 5.92 Å². The second-order valence-electron chi connectivity index (χ2n) is 7.22. The summed E-state index contributed by atoms with van der Waals surface area (Å²) in [5.74, 6) is -0.00288. The molecule has 0 spiro atoms. The topological polar surface area (TPSA) is 54.5 Å². The first-order valence-corrected chi connectivity index (χ1v) is 9.99. The Bertz CT molecular complexity index is 860. The number of benzene rings is 1. The number of fused-ring (bicyclic) bond motifs is 3. The first kappa shape index (κ1) is 19.2. The lowest BCUT2D eigenvalue weighted by Gasteiger charge is -2.49. The van der Waals surface area contributed by atoms with Crippen LogP contribution in [0.2, 0.25) is 0 Å². The molecule has 5 nitrogen and oxygen atoms in total. The number of alkyl halides is 3. The molecule has 9 heteroatoms. The van der Waals surface area contributed by atoms with Gasteiger partial charge in [-0.1, -0.05) is 12.1 Å². The summed E-state index contributed by atoms with van der Waals surface area (Å²) in [6.07, 6.45) is -1.10. The number of ether oxygens (including phenoxy) is 1. The second-order valence-corrected chi connectivity index (χ2v) is 8.25. The fourth-order valence-corrected chi connectivity index (χ4v) is 4.92. The Balaban J connectivity index is 1.47. The van der Waals surface area contributed by atoms with Crippen LogP contribution in [0.25, 0.3) is 10.6 Å². The van der Waals surface area contributed by atoms with Gasteiger partial charge in [0.05, 0.1) is 6.20 Å². The molecular weight excluding hydrogens is 391 g/mol. The molecule has 5 rings (SSSR count). The number of amides is 1. The van der Waals surface area contributed by atoms with Gasteiger partial charge >= 0.3 is 6.36 Å². The first-order valence-electron chi connectivity index (χ1n) is 9.17. The van der Waals surface area contributed by atoms with E-state index >= 15 is 0 Å². The van der Waals surface area contributed by atoms with Gasteiger partial charge in [-0.15, -0.1) is 24.5 Å². The minimum atomic E-state index is -4.75. The van der Waals surface area contributed by atoms with Crippen molar-refractivity contribution in [1.82, 2.24) is 15.2 Å². The summed E-state index contributed by atoms with van der Waals surface area (Å²) >= 11 is 1.16. The third-order valence-electron chi connectivity index (χ3n) is 5.52. The van der Waals surface area contributed by atoms with Crippen LogP contribution in [0.5, 0.6) is 5.75 Å². The van der Waals surface area contributed by atoms with Crippen LogP contribution in [0, 0.1) is 5.92 Å². The largest absolute Gasteiger partial charge is 0.573 e. The molecule has 2 atom stereocenters. The van der Waals surface area contributed by atoms with Gasteiger partial charge in [-0.05, 0) is 50.9 Å². The maximum atomic E-state index is 12.7. The van der Waals surface area contributed by atoms with E-state index < -0.39 is 6.36 Å². The minimum absolute atomic E-state index is 0.115. The lowest BCUT2D eigenvalue weighted by molar-refractivity contribution is -0.274. The predicted octanol–water partition coefficient (Wildman–Crippen LogP) is 3.92. The van der Waals surface area contributed by atoms with Crippen molar-refractivity contribution in [3.8, 4) is 16.3 Å². The van der Waals surface area contributed by atoms with Crippen LogP contribution in [0.4, 0.5) is 13.2 Å². The zero-order valence-corrected chi connectivity index (χ0v) is 16.0. The van der Waals surface area contributed by atoms with E-state index in [4.69, 9.17) is 0 Å². The van der Waals surface area contributed by atoms with Crippen molar-refractivity contribution in [1.29, 1.82) is 0 Å². The van der Waals surface area contributed by atoms with Crippen molar-refractivity contribution in [3.63, 3.8) is 0 Å². The Morgan fingerprint density at radius 2 is 2.07 bits per heavy atom. The quantitative estimate of drug-likeness (QED) is 0.829. The molecule has 2 aromatic rings. The number of rotatable bonds is 4. The van der Waals surface area contributed by atoms with Crippen LogP contribution in [-0.2, 0) is 0 Å². The van der Waals surface area contributed by atoms with Gasteiger partial charge in [0.25, 0.3) is 5.91 Å². The molecule has 3 aliphatic rings. The number of hydrogen-bond donors (Lipinski definition) is 1. The normalized spacial score (nSPS) is 26.9. The lowest BCUT2D eigenvalue weighted by Crippen LogP contribution is -2.62. The SMILES string of the molecule is C[C@H]1[C@H](NC(=O)c2cnc(-c3cccc(OC(F)(F)F)c3)s2)C2CCN1CC2. The smallest absolute Gasteiger partial charge is 0.406 e. The molecule has 2 bridgehead atoms. The van der Waals surface area contributed by atoms with E-state index in [2.05, 4.69) is 26.9 Å². The van der Waals surface area contributed by atoms with Crippen molar-refractivity contribution in [2.75, 3.05) is 13.1 Å². The number of thiazole rings is 1. The number of carbonyl (C=O) groups is 1. The average molecular weight is 411 g/mol. The highest BCUT2D eigenvalue weighted by Gasteiger charge is 2.40. The van der Waals surface area contributed by atoms with Gasteiger partial charge in [-0.2, -0.15) is 0 Å². The van der Waals surface area contributed by atoms with Crippen molar-refractivity contribution in [2.45, 2.75) is 38.2 Å². The van der Waals surface area contributed by atoms with Gasteiger partial charge in [0.1, 0.15) is 15.6 Å². The Hall–Kier alpha value is -2.13. The standard InChI is InChI=1S/C19H20F3N3O2S/c1-11-16(12-5-7-25(11)8-6-12)24-17(26)15-10-23-18(28-15)13-3-2-4-14(9-13)27-19(20,21)22/h2-4,9-12,16H,5-8H2,1H3,(H,24,26)/t11-,16-/m0/s1. The fourth-order valence-electron chi connectivity index (χ4n) is 4.11. The van der Waals surface area contributed by atoms with Gasteiger partial charge in [-0.25, -0.2) is 4.98 Å². The van der Waals surface area contributed by atoms with Crippen LogP contribution in [0.15, 0.2) is 30.5 Å². The number of aromatic nitrogens is 1. The van der Waals surface area contributed by atoms with Crippen LogP contribution in [0.3, 0.4) is 0 Å². The fraction of sp³-hybridized carbons (Fsp3) is 0.474. The number of halogens is 3. The Labute approximate surface area is 164 Å². The molecule has 0 aliphatic carbocycles. The van der Waals surface area contributed by atoms with Crippen molar-refractivity contribution < 1.29 is 22.7 Å². The molecule has 1 aromatic carbocycles. The van der Waals surface area contributed by atoms with Crippen LogP contribution < -0.4 is 10.1 Å². The molecule has 4 heterocycles. The summed E-state index contributed by atoms with van der Waals surface area (Å²) in [4.78, 5) is 19.8. The molecule has 0 saturated carbocycles. The summed E-state index contributed by atoms with van der Waals surface area (Å²) in [5.41, 5.74) is 0.474. The molecule has 28 heavy (non-hydrogen) atoms. The number of nitrogens with one attached hydrogen (secondary N) is 1. The summed E-state index contributed by atoms with van der Waals surface area (Å²) in [6.45, 7) is 4.30. The third kappa shape index (κ3) is 4.00. The minimum Gasteiger partial charge on any atom is -0.406 e. The maximum Gasteiger partial charge on any atom is 0.573 e. The number of carbonyl (C=O) groups excluding carboxylic acids is 1. The molecule has 3 saturated heterocycles. The second kappa shape index (κ2) is 7.36. The van der Waals surface area contributed by atoms with Gasteiger partial charge in [0.2, 0.25) is 0 Å². The molecular formula is C19H20F3N3O2S. The number of hydrogen-bond acceptors (Lipinski definition) is 5. The average Bonchev–Trinajstić information content (AvgIpc) is 3.14. The van der Waals surface area contributed by atoms with E-state index in [1.54, 1.807) is 6.07 Å². The van der Waals surface area contributed by atoms with E-state index in [-0.39, 0.29) is 17.7 Å². The Kier molecular flexibility index (Phi) is 5.05. The Morgan fingerprint density at radius 3 is 2.75 bits per heavy atom. The van der Waals surface area contributed by atoms with E-state index in [9.17, 15) is 18.0 Å². The molecule has 1 aromatic heterocycles. The number of nitrogens with zero attached hydrogens (tertiary/aromatic N) is 2. The highest BCUT2D eigenvalue weighted by Crippen LogP contribution is 2.33. The van der Waals surface area contributed by atoms with E-state index in [1.165, 1.54) is 24.4 Å². The van der Waals surface area contributed by atoms with Gasteiger partial charge < -0.3 is 10.1 Å². The molecule has 150 valence electrons. The van der Waals surface area contributed by atoms with E-state index in [0.29, 0.717) is 27.4 Å². The van der Waals surface area contributed by atoms with Gasteiger partial charge in [0, 0.05) is 17.6 Å². The lowest BCUT2D eigenvalue weighted by atomic mass is 9.79. The predicted molar refractivity (Wildman–Crippen MR) is 99.2 cm³/mol. The zero-order valence-electron chi connectivity index (χ0n) is 15.2. The van der Waals surface area contributed by atoms with Crippen LogP contribution >= 0.6 is 11.3 Å². The number of piperidine rings is 3. The van der Waals surface area contributed by atoms with Gasteiger partial charge in [-0.3, -0.25) is 9.69 Å². The van der Waals surface area contributed by atoms with Crippen molar-refractivity contribution in [3.05, 3.63) is 35.3 Å². The Morgan fingerprint density at radius 1 is 1.32 bits per heavy atom. The van der Waals surface area contributed by atoms with Crippen molar-refractivity contribution >= 4 is 17.2 Å². The van der Waals surface area contributed by atoms with Gasteiger partial charge in [0.15, 0.2) is 0 Å². The summed E-state index contributed by atoms with van der Waals surface area (Å²) < 4.78 is 41.2. The molecule has 0 unspecified atom stereocenters. The van der Waals surface area contributed by atoms with E-state index in [1.807, 2.05) is 0 Å². The van der Waals surface area contributed by atoms with Crippen LogP contribution in [0.1, 0.15) is 29.4 Å². The highest BCUT2D eigenvalue weighted by molar-refractivity contribution is 7.16. The molecule has 1 N–H and O–H groups in total. The monoisotopic (exact) mass is 411 g/mol. The van der Waals surface area contributed by atoms with Crippen LogP contribution in [-0.4, -0.2) is 47.3 Å².